The summed E-state index contributed by atoms with van der Waals surface area (Å²) in [6.07, 6.45) is 3.33. The second-order valence-electron chi connectivity index (χ2n) is 6.37. The number of aromatic nitrogens is 3. The van der Waals surface area contributed by atoms with Gasteiger partial charge >= 0.3 is 6.03 Å². The van der Waals surface area contributed by atoms with Crippen molar-refractivity contribution >= 4 is 34.8 Å². The van der Waals surface area contributed by atoms with Gasteiger partial charge in [0.05, 0.1) is 10.7 Å². The van der Waals surface area contributed by atoms with Crippen LogP contribution in [-0.2, 0) is 0 Å². The second-order valence-corrected chi connectivity index (χ2v) is 6.78. The lowest BCUT2D eigenvalue weighted by Crippen LogP contribution is -2.20. The first-order valence-electron chi connectivity index (χ1n) is 8.79. The van der Waals surface area contributed by atoms with Gasteiger partial charge in [-0.05, 0) is 48.9 Å². The molecule has 7 nitrogen and oxygen atoms in total. The molecule has 1 aromatic carbocycles. The number of halogens is 1. The number of urea groups is 1. The van der Waals surface area contributed by atoms with Gasteiger partial charge in [0.1, 0.15) is 11.5 Å². The van der Waals surface area contributed by atoms with E-state index in [0.717, 1.165) is 11.1 Å². The van der Waals surface area contributed by atoms with E-state index in [9.17, 15) is 9.59 Å². The highest BCUT2D eigenvalue weighted by Gasteiger charge is 2.08. The number of nitrogens with zero attached hydrogens (tertiary/aromatic N) is 3. The van der Waals surface area contributed by atoms with E-state index in [0.29, 0.717) is 27.9 Å². The molecule has 3 heterocycles. The summed E-state index contributed by atoms with van der Waals surface area (Å²) >= 11 is 6.04. The second kappa shape index (κ2) is 7.73. The molecule has 3 aromatic heterocycles. The first kappa shape index (κ1) is 18.6. The number of hydrogen-bond acceptors (Lipinski definition) is 4. The lowest BCUT2D eigenvalue weighted by atomic mass is 10.1. The summed E-state index contributed by atoms with van der Waals surface area (Å²) in [5, 5.41) is 5.79. The predicted molar refractivity (Wildman–Crippen MR) is 114 cm³/mol. The zero-order valence-corrected chi connectivity index (χ0v) is 16.1. The van der Waals surface area contributed by atoms with Crippen molar-refractivity contribution in [1.82, 2.24) is 14.4 Å². The van der Waals surface area contributed by atoms with Crippen LogP contribution < -0.4 is 16.2 Å². The third-order valence-electron chi connectivity index (χ3n) is 4.26. The molecule has 144 valence electrons. The van der Waals surface area contributed by atoms with Crippen molar-refractivity contribution in [2.45, 2.75) is 6.92 Å². The topological polar surface area (TPSA) is 88.4 Å². The molecule has 0 aliphatic rings. The molecule has 0 aliphatic heterocycles. The summed E-state index contributed by atoms with van der Waals surface area (Å²) in [6.45, 7) is 1.78. The van der Waals surface area contributed by atoms with E-state index in [4.69, 9.17) is 11.6 Å². The Balaban J connectivity index is 1.52. The van der Waals surface area contributed by atoms with Crippen molar-refractivity contribution in [3.63, 3.8) is 0 Å². The standard InChI is InChI=1S/C21H16ClN5O2/c1-13-10-20(28)27-9-8-14(11-19(27)24-13)15-6-7-18(23-12-15)26-21(29)25-17-5-3-2-4-16(17)22/h2-12H,1H3,(H2,23,25,26,29). The van der Waals surface area contributed by atoms with E-state index < -0.39 is 6.03 Å². The zero-order valence-electron chi connectivity index (χ0n) is 15.4. The molecule has 0 atom stereocenters. The van der Waals surface area contributed by atoms with Crippen LogP contribution in [0.25, 0.3) is 16.8 Å². The van der Waals surface area contributed by atoms with E-state index in [2.05, 4.69) is 20.6 Å². The van der Waals surface area contributed by atoms with Crippen molar-refractivity contribution in [2.75, 3.05) is 10.6 Å². The lowest BCUT2D eigenvalue weighted by molar-refractivity contribution is 0.262. The number of aryl methyl sites for hydroxylation is 1. The fourth-order valence-electron chi connectivity index (χ4n) is 2.87. The quantitative estimate of drug-likeness (QED) is 0.530. The van der Waals surface area contributed by atoms with Crippen LogP contribution in [0, 0.1) is 6.92 Å². The minimum atomic E-state index is -0.442. The predicted octanol–water partition coefficient (Wildman–Crippen LogP) is 4.36. The monoisotopic (exact) mass is 405 g/mol. The molecule has 0 unspecified atom stereocenters. The molecule has 8 heteroatoms. The van der Waals surface area contributed by atoms with Gasteiger partial charge in [-0.15, -0.1) is 0 Å². The molecule has 4 aromatic rings. The van der Waals surface area contributed by atoms with E-state index in [-0.39, 0.29) is 5.56 Å². The van der Waals surface area contributed by atoms with Gasteiger partial charge in [0.15, 0.2) is 0 Å². The smallest absolute Gasteiger partial charge is 0.306 e. The molecule has 2 N–H and O–H groups in total. The van der Waals surface area contributed by atoms with Crippen molar-refractivity contribution in [3.05, 3.63) is 88.1 Å². The first-order valence-corrected chi connectivity index (χ1v) is 9.16. The van der Waals surface area contributed by atoms with Gasteiger partial charge in [-0.1, -0.05) is 23.7 Å². The largest absolute Gasteiger partial charge is 0.324 e. The third kappa shape index (κ3) is 4.09. The average Bonchev–Trinajstić information content (AvgIpc) is 2.70. The Bertz CT molecular complexity index is 1270. The Morgan fingerprint density at radius 1 is 1.03 bits per heavy atom. The highest BCUT2D eigenvalue weighted by molar-refractivity contribution is 6.33. The number of carbonyl (C=O) groups is 1. The Labute approximate surface area is 171 Å². The fourth-order valence-corrected chi connectivity index (χ4v) is 3.06. The zero-order chi connectivity index (χ0) is 20.4. The average molecular weight is 406 g/mol. The van der Waals surface area contributed by atoms with Crippen LogP contribution in [0.1, 0.15) is 5.69 Å². The van der Waals surface area contributed by atoms with Crippen LogP contribution in [0.2, 0.25) is 5.02 Å². The van der Waals surface area contributed by atoms with Crippen molar-refractivity contribution in [3.8, 4) is 11.1 Å². The van der Waals surface area contributed by atoms with Gasteiger partial charge < -0.3 is 5.32 Å². The fraction of sp³-hybridized carbons (Fsp3) is 0.0476. The van der Waals surface area contributed by atoms with Crippen LogP contribution in [-0.4, -0.2) is 20.4 Å². The van der Waals surface area contributed by atoms with Crippen LogP contribution in [0.3, 0.4) is 0 Å². The molecule has 4 rings (SSSR count). The number of nitrogens with one attached hydrogen (secondary N) is 2. The SMILES string of the molecule is Cc1cc(=O)n2ccc(-c3ccc(NC(=O)Nc4ccccc4Cl)nc3)cc2n1. The van der Waals surface area contributed by atoms with Gasteiger partial charge in [0.25, 0.3) is 5.56 Å². The molecule has 0 bridgehead atoms. The van der Waals surface area contributed by atoms with Gasteiger partial charge in [0.2, 0.25) is 0 Å². The normalized spacial score (nSPS) is 10.7. The minimum Gasteiger partial charge on any atom is -0.306 e. The molecule has 0 aliphatic carbocycles. The Hall–Kier alpha value is -3.71. The van der Waals surface area contributed by atoms with Crippen LogP contribution in [0.5, 0.6) is 0 Å². The number of para-hydroxylation sites is 1. The van der Waals surface area contributed by atoms with Crippen molar-refractivity contribution in [2.24, 2.45) is 0 Å². The number of anilines is 2. The number of rotatable bonds is 3. The van der Waals surface area contributed by atoms with Crippen molar-refractivity contribution < 1.29 is 4.79 Å². The number of fused-ring (bicyclic) bond motifs is 1. The highest BCUT2D eigenvalue weighted by atomic mass is 35.5. The summed E-state index contributed by atoms with van der Waals surface area (Å²) in [4.78, 5) is 32.8. The van der Waals surface area contributed by atoms with E-state index in [1.165, 1.54) is 10.5 Å². The molecule has 2 amide bonds. The van der Waals surface area contributed by atoms with Crippen molar-refractivity contribution in [1.29, 1.82) is 0 Å². The summed E-state index contributed by atoms with van der Waals surface area (Å²) in [6, 6.07) is 15.2. The maximum atomic E-state index is 12.1. The van der Waals surface area contributed by atoms with Gasteiger partial charge in [-0.3, -0.25) is 14.5 Å². The Kier molecular flexibility index (Phi) is 4.97. The third-order valence-corrected chi connectivity index (χ3v) is 4.59. The molecule has 0 fully saturated rings. The van der Waals surface area contributed by atoms with E-state index in [1.807, 2.05) is 18.2 Å². The molecular weight excluding hydrogens is 390 g/mol. The minimum absolute atomic E-state index is 0.124. The summed E-state index contributed by atoms with van der Waals surface area (Å²) < 4.78 is 1.49. The maximum Gasteiger partial charge on any atom is 0.324 e. The molecule has 0 spiro atoms. The number of amides is 2. The lowest BCUT2D eigenvalue weighted by Gasteiger charge is -2.09. The summed E-state index contributed by atoms with van der Waals surface area (Å²) in [7, 11) is 0. The molecule has 0 saturated heterocycles. The molecule has 0 saturated carbocycles. The number of pyridine rings is 2. The summed E-state index contributed by atoms with van der Waals surface area (Å²) in [5.41, 5.74) is 3.31. The van der Waals surface area contributed by atoms with Crippen LogP contribution in [0.15, 0.2) is 71.8 Å². The van der Waals surface area contributed by atoms with Crippen LogP contribution in [0.4, 0.5) is 16.3 Å². The molecule has 29 heavy (non-hydrogen) atoms. The van der Waals surface area contributed by atoms with E-state index >= 15 is 0 Å². The number of hydrogen-bond donors (Lipinski definition) is 2. The van der Waals surface area contributed by atoms with Gasteiger partial charge in [-0.2, -0.15) is 0 Å². The maximum absolute atomic E-state index is 12.1. The Morgan fingerprint density at radius 2 is 1.86 bits per heavy atom. The first-order chi connectivity index (χ1) is 14.0. The van der Waals surface area contributed by atoms with Gasteiger partial charge in [0, 0.05) is 29.7 Å². The highest BCUT2D eigenvalue weighted by Crippen LogP contribution is 2.22. The molecule has 0 radical (unpaired) electrons. The molecular formula is C21H16ClN5O2. The number of carbonyl (C=O) groups excluding carboxylic acids is 1. The van der Waals surface area contributed by atoms with Crippen LogP contribution >= 0.6 is 11.6 Å². The van der Waals surface area contributed by atoms with Gasteiger partial charge in [-0.25, -0.2) is 14.8 Å². The Morgan fingerprint density at radius 3 is 2.62 bits per heavy atom. The number of benzene rings is 1. The summed E-state index contributed by atoms with van der Waals surface area (Å²) in [5.74, 6) is 0.393. The van der Waals surface area contributed by atoms with E-state index in [1.54, 1.807) is 49.6 Å².